The predicted octanol–water partition coefficient (Wildman–Crippen LogP) is 4.29. The summed E-state index contributed by atoms with van der Waals surface area (Å²) in [5.74, 6) is 0. The minimum atomic E-state index is 0. The second kappa shape index (κ2) is 5.64. The highest BCUT2D eigenvalue weighted by Crippen LogP contribution is 2.31. The summed E-state index contributed by atoms with van der Waals surface area (Å²) in [4.78, 5) is 0. The maximum atomic E-state index is 6.05. The van der Waals surface area contributed by atoms with Crippen LogP contribution in [0.2, 0.25) is 0 Å². The van der Waals surface area contributed by atoms with Gasteiger partial charge in [-0.1, -0.05) is 43.3 Å². The molecule has 2 nitrogen and oxygen atoms in total. The summed E-state index contributed by atoms with van der Waals surface area (Å²) in [5.41, 5.74) is 9.19. The van der Waals surface area contributed by atoms with Crippen LogP contribution in [0.15, 0.2) is 46.9 Å². The lowest BCUT2D eigenvalue weighted by Gasteiger charge is -2.08. The molecule has 1 unspecified atom stereocenters. The zero-order valence-electron chi connectivity index (χ0n) is 10.9. The van der Waals surface area contributed by atoms with Crippen molar-refractivity contribution in [3.63, 3.8) is 0 Å². The Morgan fingerprint density at radius 2 is 1.79 bits per heavy atom. The number of rotatable bonds is 3. The Morgan fingerprint density at radius 1 is 1.05 bits per heavy atom. The van der Waals surface area contributed by atoms with Crippen molar-refractivity contribution in [2.45, 2.75) is 25.8 Å². The van der Waals surface area contributed by atoms with Crippen molar-refractivity contribution in [2.75, 3.05) is 0 Å². The lowest BCUT2D eigenvalue weighted by Crippen LogP contribution is -2.21. The molecule has 0 aliphatic heterocycles. The Morgan fingerprint density at radius 3 is 2.58 bits per heavy atom. The highest BCUT2D eigenvalue weighted by atomic mass is 35.5. The van der Waals surface area contributed by atoms with Crippen LogP contribution < -0.4 is 5.73 Å². The lowest BCUT2D eigenvalue weighted by atomic mass is 10.0. The number of hydrogen-bond acceptors (Lipinski definition) is 2. The highest BCUT2D eigenvalue weighted by molar-refractivity contribution is 6.05. The molecule has 0 saturated heterocycles. The summed E-state index contributed by atoms with van der Waals surface area (Å²) in [6.45, 7) is 2.11. The van der Waals surface area contributed by atoms with Gasteiger partial charge in [0, 0.05) is 16.8 Å². The van der Waals surface area contributed by atoms with Crippen LogP contribution in [0.4, 0.5) is 0 Å². The van der Waals surface area contributed by atoms with Crippen LogP contribution in [-0.2, 0) is 6.42 Å². The van der Waals surface area contributed by atoms with Gasteiger partial charge in [-0.15, -0.1) is 12.4 Å². The molecule has 0 radical (unpaired) electrons. The largest absolute Gasteiger partial charge is 0.456 e. The predicted molar refractivity (Wildman–Crippen MR) is 82.9 cm³/mol. The molecule has 3 heteroatoms. The van der Waals surface area contributed by atoms with E-state index in [2.05, 4.69) is 31.2 Å². The van der Waals surface area contributed by atoms with Gasteiger partial charge in [-0.3, -0.25) is 0 Å². The van der Waals surface area contributed by atoms with Gasteiger partial charge in [0.15, 0.2) is 0 Å². The van der Waals surface area contributed by atoms with Crippen molar-refractivity contribution < 1.29 is 4.42 Å². The van der Waals surface area contributed by atoms with Gasteiger partial charge in [-0.2, -0.15) is 0 Å². The third-order valence-corrected chi connectivity index (χ3v) is 3.49. The number of hydrogen-bond donors (Lipinski definition) is 1. The molecule has 0 aliphatic rings. The average Bonchev–Trinajstić information content (AvgIpc) is 2.78. The van der Waals surface area contributed by atoms with E-state index in [-0.39, 0.29) is 18.4 Å². The molecule has 3 aromatic rings. The third-order valence-electron chi connectivity index (χ3n) is 3.49. The molecule has 1 atom stereocenters. The first-order valence-electron chi connectivity index (χ1n) is 6.44. The first kappa shape index (κ1) is 13.9. The SMILES string of the molecule is CCC(N)Cc1cccc2c1oc1ccccc12.Cl. The van der Waals surface area contributed by atoms with Crippen molar-refractivity contribution >= 4 is 34.3 Å². The normalized spacial score (nSPS) is 12.5. The van der Waals surface area contributed by atoms with E-state index in [0.717, 1.165) is 24.0 Å². The van der Waals surface area contributed by atoms with E-state index in [0.29, 0.717) is 0 Å². The van der Waals surface area contributed by atoms with Crippen LogP contribution in [0.1, 0.15) is 18.9 Å². The number of para-hydroxylation sites is 2. The molecule has 2 N–H and O–H groups in total. The van der Waals surface area contributed by atoms with Crippen LogP contribution in [0.25, 0.3) is 21.9 Å². The number of benzene rings is 2. The summed E-state index contributed by atoms with van der Waals surface area (Å²) in [7, 11) is 0. The Balaban J connectivity index is 0.00000133. The maximum Gasteiger partial charge on any atom is 0.138 e. The summed E-state index contributed by atoms with van der Waals surface area (Å²) in [6.07, 6.45) is 1.85. The second-order valence-corrected chi connectivity index (χ2v) is 4.76. The third kappa shape index (κ3) is 2.46. The van der Waals surface area contributed by atoms with Gasteiger partial charge in [-0.25, -0.2) is 0 Å². The van der Waals surface area contributed by atoms with E-state index in [1.165, 1.54) is 16.3 Å². The lowest BCUT2D eigenvalue weighted by molar-refractivity contribution is 0.626. The summed E-state index contributed by atoms with van der Waals surface area (Å²) in [5, 5.41) is 2.37. The van der Waals surface area contributed by atoms with Crippen molar-refractivity contribution in [2.24, 2.45) is 5.73 Å². The monoisotopic (exact) mass is 275 g/mol. The van der Waals surface area contributed by atoms with E-state index >= 15 is 0 Å². The average molecular weight is 276 g/mol. The van der Waals surface area contributed by atoms with Gasteiger partial charge < -0.3 is 10.2 Å². The van der Waals surface area contributed by atoms with Crippen LogP contribution in [0.3, 0.4) is 0 Å². The number of furan rings is 1. The van der Waals surface area contributed by atoms with Crippen LogP contribution >= 0.6 is 12.4 Å². The van der Waals surface area contributed by atoms with Gasteiger partial charge in [0.05, 0.1) is 0 Å². The molecule has 0 saturated carbocycles. The molecule has 0 spiro atoms. The molecular weight excluding hydrogens is 258 g/mol. The van der Waals surface area contributed by atoms with Gasteiger partial charge in [0.2, 0.25) is 0 Å². The number of fused-ring (bicyclic) bond motifs is 3. The topological polar surface area (TPSA) is 39.2 Å². The summed E-state index contributed by atoms with van der Waals surface area (Å²) in [6, 6.07) is 14.7. The molecule has 100 valence electrons. The molecule has 3 rings (SSSR count). The van der Waals surface area contributed by atoms with Gasteiger partial charge in [-0.05, 0) is 24.5 Å². The molecule has 0 amide bonds. The fourth-order valence-electron chi connectivity index (χ4n) is 2.39. The Bertz CT molecular complexity index is 689. The number of halogens is 1. The Hall–Kier alpha value is -1.51. The standard InChI is InChI=1S/C16H17NO.ClH/c1-2-12(17)10-11-6-5-8-14-13-7-3-4-9-15(13)18-16(11)14;/h3-9,12H,2,10,17H2,1H3;1H. The maximum absolute atomic E-state index is 6.05. The van der Waals surface area contributed by atoms with E-state index in [9.17, 15) is 0 Å². The van der Waals surface area contributed by atoms with Crippen LogP contribution in [0, 0.1) is 0 Å². The van der Waals surface area contributed by atoms with Crippen molar-refractivity contribution in [3.05, 3.63) is 48.0 Å². The Labute approximate surface area is 119 Å². The van der Waals surface area contributed by atoms with Crippen LogP contribution in [-0.4, -0.2) is 6.04 Å². The number of nitrogens with two attached hydrogens (primary N) is 1. The molecule has 0 bridgehead atoms. The summed E-state index contributed by atoms with van der Waals surface area (Å²) >= 11 is 0. The second-order valence-electron chi connectivity index (χ2n) is 4.76. The first-order chi connectivity index (χ1) is 8.79. The molecule has 1 heterocycles. The van der Waals surface area contributed by atoms with E-state index in [1.54, 1.807) is 0 Å². The highest BCUT2D eigenvalue weighted by Gasteiger charge is 2.11. The Kier molecular flexibility index (Phi) is 4.13. The van der Waals surface area contributed by atoms with E-state index in [4.69, 9.17) is 10.2 Å². The zero-order valence-corrected chi connectivity index (χ0v) is 11.7. The smallest absolute Gasteiger partial charge is 0.138 e. The fourth-order valence-corrected chi connectivity index (χ4v) is 2.39. The van der Waals surface area contributed by atoms with Gasteiger partial charge in [0.25, 0.3) is 0 Å². The molecular formula is C16H18ClNO. The fraction of sp³-hybridized carbons (Fsp3) is 0.250. The van der Waals surface area contributed by atoms with Gasteiger partial charge in [0.1, 0.15) is 11.2 Å². The molecule has 2 aromatic carbocycles. The summed E-state index contributed by atoms with van der Waals surface area (Å²) < 4.78 is 5.97. The van der Waals surface area contributed by atoms with Gasteiger partial charge >= 0.3 is 0 Å². The minimum Gasteiger partial charge on any atom is -0.456 e. The van der Waals surface area contributed by atoms with Crippen molar-refractivity contribution in [3.8, 4) is 0 Å². The van der Waals surface area contributed by atoms with Crippen LogP contribution in [0.5, 0.6) is 0 Å². The van der Waals surface area contributed by atoms with E-state index < -0.39 is 0 Å². The molecule has 19 heavy (non-hydrogen) atoms. The van der Waals surface area contributed by atoms with E-state index in [1.807, 2.05) is 18.2 Å². The molecule has 1 aromatic heterocycles. The van der Waals surface area contributed by atoms with Crippen molar-refractivity contribution in [1.29, 1.82) is 0 Å². The zero-order chi connectivity index (χ0) is 12.5. The van der Waals surface area contributed by atoms with Crippen molar-refractivity contribution in [1.82, 2.24) is 0 Å². The molecule has 0 fully saturated rings. The first-order valence-corrected chi connectivity index (χ1v) is 6.44. The minimum absolute atomic E-state index is 0. The molecule has 0 aliphatic carbocycles. The quantitative estimate of drug-likeness (QED) is 0.774.